The van der Waals surface area contributed by atoms with Crippen LogP contribution in [0.25, 0.3) is 0 Å². The van der Waals surface area contributed by atoms with Gasteiger partial charge >= 0.3 is 0 Å². The van der Waals surface area contributed by atoms with Gasteiger partial charge in [0.25, 0.3) is 16.1 Å². The lowest BCUT2D eigenvalue weighted by Gasteiger charge is -2.60. The molecule has 28 heavy (non-hydrogen) atoms. The molecule has 0 aromatic heterocycles. The third-order valence-corrected chi connectivity index (χ3v) is 8.53. The molecule has 8 heteroatoms. The SMILES string of the molecule is O=C(NC12CC3CC(CC(O)(C3)C1)C2)c1ccc(CN2CCNS2(=O)=O)cc1. The van der Waals surface area contributed by atoms with Gasteiger partial charge < -0.3 is 10.4 Å². The predicted octanol–water partition coefficient (Wildman–Crippen LogP) is 1.15. The Bertz CT molecular complexity index is 885. The minimum absolute atomic E-state index is 0.104. The molecule has 1 aromatic carbocycles. The molecular formula is C20H27N3O4S. The fraction of sp³-hybridized carbons (Fsp3) is 0.650. The molecule has 5 aliphatic rings. The predicted molar refractivity (Wildman–Crippen MR) is 104 cm³/mol. The van der Waals surface area contributed by atoms with Crippen LogP contribution >= 0.6 is 0 Å². The normalized spacial score (nSPS) is 38.6. The molecule has 3 N–H and O–H groups in total. The molecule has 1 amide bonds. The van der Waals surface area contributed by atoms with Crippen molar-refractivity contribution in [3.8, 4) is 0 Å². The zero-order valence-electron chi connectivity index (χ0n) is 15.9. The second kappa shape index (κ2) is 6.26. The summed E-state index contributed by atoms with van der Waals surface area (Å²) in [5, 5.41) is 14.1. The van der Waals surface area contributed by atoms with E-state index in [1.54, 1.807) is 12.1 Å². The summed E-state index contributed by atoms with van der Waals surface area (Å²) in [6.07, 6.45) is 5.54. The van der Waals surface area contributed by atoms with Gasteiger partial charge in [-0.2, -0.15) is 12.7 Å². The highest BCUT2D eigenvalue weighted by atomic mass is 32.2. The highest BCUT2D eigenvalue weighted by Crippen LogP contribution is 2.57. The summed E-state index contributed by atoms with van der Waals surface area (Å²) in [7, 11) is -3.37. The molecule has 1 aromatic rings. The molecule has 0 spiro atoms. The summed E-state index contributed by atoms with van der Waals surface area (Å²) >= 11 is 0. The second-order valence-electron chi connectivity index (χ2n) is 9.35. The van der Waals surface area contributed by atoms with Crippen LogP contribution in [-0.2, 0) is 16.8 Å². The van der Waals surface area contributed by atoms with Gasteiger partial charge in [-0.15, -0.1) is 0 Å². The highest BCUT2D eigenvalue weighted by Gasteiger charge is 2.57. The number of nitrogens with zero attached hydrogens (tertiary/aromatic N) is 1. The molecule has 1 saturated heterocycles. The minimum Gasteiger partial charge on any atom is -0.390 e. The van der Waals surface area contributed by atoms with E-state index in [4.69, 9.17) is 0 Å². The van der Waals surface area contributed by atoms with Crippen LogP contribution in [0.15, 0.2) is 24.3 Å². The van der Waals surface area contributed by atoms with E-state index in [1.807, 2.05) is 12.1 Å². The van der Waals surface area contributed by atoms with Crippen molar-refractivity contribution in [1.82, 2.24) is 14.3 Å². The monoisotopic (exact) mass is 405 g/mol. The van der Waals surface area contributed by atoms with E-state index in [9.17, 15) is 18.3 Å². The van der Waals surface area contributed by atoms with Gasteiger partial charge in [0.05, 0.1) is 5.60 Å². The van der Waals surface area contributed by atoms with Gasteiger partial charge in [0.15, 0.2) is 0 Å². The lowest BCUT2D eigenvalue weighted by atomic mass is 9.51. The Balaban J connectivity index is 1.27. The largest absolute Gasteiger partial charge is 0.390 e. The lowest BCUT2D eigenvalue weighted by Crippen LogP contribution is -2.65. The van der Waals surface area contributed by atoms with Crippen LogP contribution in [-0.4, -0.2) is 48.0 Å². The van der Waals surface area contributed by atoms with E-state index in [1.165, 1.54) is 10.7 Å². The molecule has 0 radical (unpaired) electrons. The molecule has 1 heterocycles. The van der Waals surface area contributed by atoms with Gasteiger partial charge in [-0.3, -0.25) is 4.79 Å². The van der Waals surface area contributed by atoms with Crippen LogP contribution in [0.2, 0.25) is 0 Å². The average Bonchev–Trinajstić information content (AvgIpc) is 2.91. The van der Waals surface area contributed by atoms with Gasteiger partial charge in [0, 0.05) is 30.7 Å². The first-order chi connectivity index (χ1) is 13.2. The molecule has 7 nitrogen and oxygen atoms in total. The molecule has 152 valence electrons. The summed E-state index contributed by atoms with van der Waals surface area (Å²) in [6, 6.07) is 7.15. The van der Waals surface area contributed by atoms with Gasteiger partial charge in [-0.1, -0.05) is 12.1 Å². The van der Waals surface area contributed by atoms with E-state index >= 15 is 0 Å². The van der Waals surface area contributed by atoms with Gasteiger partial charge in [-0.25, -0.2) is 4.72 Å². The number of hydrogen-bond acceptors (Lipinski definition) is 4. The third kappa shape index (κ3) is 3.26. The average molecular weight is 406 g/mol. The fourth-order valence-electron chi connectivity index (χ4n) is 6.31. The Kier molecular flexibility index (Phi) is 4.14. The Morgan fingerprint density at radius 1 is 1.18 bits per heavy atom. The number of aliphatic hydroxyl groups is 1. The maximum absolute atomic E-state index is 12.9. The van der Waals surface area contributed by atoms with Crippen LogP contribution in [0, 0.1) is 11.8 Å². The maximum atomic E-state index is 12.9. The number of amides is 1. The van der Waals surface area contributed by atoms with Crippen LogP contribution in [0.4, 0.5) is 0 Å². The molecule has 4 bridgehead atoms. The molecule has 1 aliphatic heterocycles. The molecule has 4 saturated carbocycles. The number of rotatable bonds is 4. The van der Waals surface area contributed by atoms with Crippen LogP contribution in [0.3, 0.4) is 0 Å². The summed E-state index contributed by atoms with van der Waals surface area (Å²) in [5.74, 6) is 0.933. The van der Waals surface area contributed by atoms with Crippen molar-refractivity contribution in [3.05, 3.63) is 35.4 Å². The van der Waals surface area contributed by atoms with Crippen molar-refractivity contribution in [2.75, 3.05) is 13.1 Å². The van der Waals surface area contributed by atoms with E-state index in [0.717, 1.165) is 31.2 Å². The van der Waals surface area contributed by atoms with Crippen LogP contribution in [0.1, 0.15) is 54.4 Å². The van der Waals surface area contributed by atoms with Crippen molar-refractivity contribution in [2.45, 2.75) is 56.2 Å². The first-order valence-electron chi connectivity index (χ1n) is 10.1. The number of nitrogens with one attached hydrogen (secondary N) is 2. The van der Waals surface area contributed by atoms with E-state index in [0.29, 0.717) is 43.5 Å². The summed E-state index contributed by atoms with van der Waals surface area (Å²) in [4.78, 5) is 12.9. The number of hydrogen-bond donors (Lipinski definition) is 3. The van der Waals surface area contributed by atoms with Crippen molar-refractivity contribution < 1.29 is 18.3 Å². The van der Waals surface area contributed by atoms with Crippen LogP contribution < -0.4 is 10.0 Å². The molecular weight excluding hydrogens is 378 g/mol. The summed E-state index contributed by atoms with van der Waals surface area (Å²) < 4.78 is 27.6. The van der Waals surface area contributed by atoms with Crippen molar-refractivity contribution in [1.29, 1.82) is 0 Å². The summed E-state index contributed by atoms with van der Waals surface area (Å²) in [5.41, 5.74) is 0.558. The topological polar surface area (TPSA) is 98.7 Å². The second-order valence-corrected chi connectivity index (χ2v) is 11.1. The maximum Gasteiger partial charge on any atom is 0.279 e. The van der Waals surface area contributed by atoms with Gasteiger partial charge in [0.2, 0.25) is 0 Å². The lowest BCUT2D eigenvalue weighted by molar-refractivity contribution is -0.139. The molecule has 6 rings (SSSR count). The van der Waals surface area contributed by atoms with Gasteiger partial charge in [0.1, 0.15) is 0 Å². The minimum atomic E-state index is -3.37. The Labute approximate surface area is 165 Å². The smallest absolute Gasteiger partial charge is 0.279 e. The number of carbonyl (C=O) groups is 1. The zero-order chi connectivity index (χ0) is 19.6. The Morgan fingerprint density at radius 2 is 1.86 bits per heavy atom. The number of benzene rings is 1. The van der Waals surface area contributed by atoms with Gasteiger partial charge in [-0.05, 0) is 68.1 Å². The molecule has 5 fully saturated rings. The first-order valence-corrected chi connectivity index (χ1v) is 11.6. The number of carbonyl (C=O) groups excluding carboxylic acids is 1. The molecule has 2 atom stereocenters. The zero-order valence-corrected chi connectivity index (χ0v) is 16.7. The van der Waals surface area contributed by atoms with E-state index < -0.39 is 15.8 Å². The van der Waals surface area contributed by atoms with E-state index in [2.05, 4.69) is 10.0 Å². The van der Waals surface area contributed by atoms with Crippen molar-refractivity contribution in [3.63, 3.8) is 0 Å². The standard InChI is InChI=1S/C20H27N3O4S/c24-18(22-19-8-15-7-16(9-19)11-20(25,10-15)13-19)17-3-1-14(2-4-17)12-23-6-5-21-28(23,26)27/h1-4,15-16,21,25H,5-13H2,(H,22,24). The Hall–Kier alpha value is -1.48. The third-order valence-electron chi connectivity index (χ3n) is 6.97. The summed E-state index contributed by atoms with van der Waals surface area (Å²) in [6.45, 7) is 1.19. The van der Waals surface area contributed by atoms with Crippen molar-refractivity contribution in [2.24, 2.45) is 11.8 Å². The highest BCUT2D eigenvalue weighted by molar-refractivity contribution is 7.87. The van der Waals surface area contributed by atoms with E-state index in [-0.39, 0.29) is 11.4 Å². The Morgan fingerprint density at radius 3 is 2.43 bits per heavy atom. The quantitative estimate of drug-likeness (QED) is 0.700. The molecule has 2 unspecified atom stereocenters. The van der Waals surface area contributed by atoms with Crippen molar-refractivity contribution >= 4 is 16.1 Å². The molecule has 4 aliphatic carbocycles. The fourth-order valence-corrected chi connectivity index (χ4v) is 7.50. The van der Waals surface area contributed by atoms with Crippen LogP contribution in [0.5, 0.6) is 0 Å². The first kappa shape index (κ1) is 18.5.